The average Bonchev–Trinajstić information content (AvgIpc) is 2.62. The van der Waals surface area contributed by atoms with E-state index in [-0.39, 0.29) is 17.9 Å². The van der Waals surface area contributed by atoms with E-state index in [1.165, 1.54) is 0 Å². The van der Waals surface area contributed by atoms with Gasteiger partial charge in [-0.2, -0.15) is 12.6 Å². The van der Waals surface area contributed by atoms with E-state index in [9.17, 15) is 9.59 Å². The Bertz CT molecular complexity index is 278. The van der Waals surface area contributed by atoms with E-state index < -0.39 is 11.9 Å². The van der Waals surface area contributed by atoms with Crippen molar-refractivity contribution in [2.24, 2.45) is 11.8 Å². The predicted molar refractivity (Wildman–Crippen MR) is 64.6 cm³/mol. The highest BCUT2D eigenvalue weighted by Gasteiger charge is 2.37. The molecule has 1 aliphatic rings. The fourth-order valence-corrected chi connectivity index (χ4v) is 2.55. The molecule has 1 fully saturated rings. The number of thiol groups is 1. The molecule has 1 aliphatic heterocycles. The zero-order chi connectivity index (χ0) is 12.3. The summed E-state index contributed by atoms with van der Waals surface area (Å²) in [4.78, 5) is 24.6. The molecule has 1 rings (SSSR count). The van der Waals surface area contributed by atoms with E-state index >= 15 is 0 Å². The molecule has 0 aliphatic carbocycles. The second-order valence-electron chi connectivity index (χ2n) is 4.40. The number of nitrogens with zero attached hydrogens (tertiary/aromatic N) is 1. The third-order valence-corrected chi connectivity index (χ3v) is 3.71. The molecule has 3 atom stereocenters. The summed E-state index contributed by atoms with van der Waals surface area (Å²) in [5.74, 6) is -0.722. The second kappa shape index (κ2) is 5.57. The van der Waals surface area contributed by atoms with Gasteiger partial charge in [-0.05, 0) is 19.8 Å². The van der Waals surface area contributed by atoms with Gasteiger partial charge in [-0.3, -0.25) is 9.59 Å². The van der Waals surface area contributed by atoms with Crippen LogP contribution >= 0.6 is 12.6 Å². The minimum absolute atomic E-state index is 0.0301. The van der Waals surface area contributed by atoms with E-state index in [0.29, 0.717) is 18.7 Å². The van der Waals surface area contributed by atoms with Gasteiger partial charge >= 0.3 is 5.97 Å². The largest absolute Gasteiger partial charge is 0.481 e. The molecule has 16 heavy (non-hydrogen) atoms. The number of carbonyl (C=O) groups is 2. The molecule has 1 saturated heterocycles. The summed E-state index contributed by atoms with van der Waals surface area (Å²) in [6.45, 7) is 4.21. The first-order valence-corrected chi connectivity index (χ1v) is 6.28. The molecule has 0 aromatic heterocycles. The molecule has 0 aromatic carbocycles. The Kier molecular flexibility index (Phi) is 4.65. The first kappa shape index (κ1) is 13.4. The Balaban J connectivity index is 2.67. The summed E-state index contributed by atoms with van der Waals surface area (Å²) in [5, 5.41) is 8.93. The van der Waals surface area contributed by atoms with E-state index in [2.05, 4.69) is 12.6 Å². The number of hydrogen-bond donors (Lipinski definition) is 2. The number of likely N-dealkylation sites (tertiary alicyclic amines) is 1. The van der Waals surface area contributed by atoms with Crippen LogP contribution in [0.5, 0.6) is 0 Å². The van der Waals surface area contributed by atoms with Crippen molar-refractivity contribution in [2.45, 2.75) is 32.7 Å². The molecule has 1 N–H and O–H groups in total. The van der Waals surface area contributed by atoms with Crippen molar-refractivity contribution in [3.63, 3.8) is 0 Å². The lowest BCUT2D eigenvalue weighted by molar-refractivity contribution is -0.141. The highest BCUT2D eigenvalue weighted by Crippen LogP contribution is 2.25. The summed E-state index contributed by atoms with van der Waals surface area (Å²) >= 11 is 4.16. The van der Waals surface area contributed by atoms with Crippen LogP contribution in [0.2, 0.25) is 0 Å². The number of amides is 1. The van der Waals surface area contributed by atoms with Crippen molar-refractivity contribution in [1.29, 1.82) is 0 Å². The van der Waals surface area contributed by atoms with E-state index in [4.69, 9.17) is 5.11 Å². The third-order valence-electron chi connectivity index (χ3n) is 3.27. The Morgan fingerprint density at radius 3 is 2.56 bits per heavy atom. The number of carboxylic acid groups (broad SMARTS) is 1. The van der Waals surface area contributed by atoms with Crippen LogP contribution in [-0.2, 0) is 9.59 Å². The maximum Gasteiger partial charge on any atom is 0.308 e. The van der Waals surface area contributed by atoms with Crippen LogP contribution in [0, 0.1) is 11.8 Å². The second-order valence-corrected chi connectivity index (χ2v) is 4.76. The van der Waals surface area contributed by atoms with Gasteiger partial charge in [0.2, 0.25) is 5.91 Å². The molecular formula is C11H19NO3S. The molecule has 0 aromatic rings. The summed E-state index contributed by atoms with van der Waals surface area (Å²) in [5.41, 5.74) is 0. The average molecular weight is 245 g/mol. The van der Waals surface area contributed by atoms with Gasteiger partial charge in [0.1, 0.15) is 0 Å². The number of carbonyl (C=O) groups excluding carboxylic acids is 1. The van der Waals surface area contributed by atoms with Crippen LogP contribution in [0.15, 0.2) is 0 Å². The van der Waals surface area contributed by atoms with Gasteiger partial charge in [0.15, 0.2) is 0 Å². The van der Waals surface area contributed by atoms with Gasteiger partial charge < -0.3 is 10.0 Å². The Morgan fingerprint density at radius 1 is 1.56 bits per heavy atom. The van der Waals surface area contributed by atoms with Gasteiger partial charge in [-0.1, -0.05) is 6.92 Å². The fourth-order valence-electron chi connectivity index (χ4n) is 2.13. The van der Waals surface area contributed by atoms with Crippen LogP contribution in [0.4, 0.5) is 0 Å². The first-order valence-electron chi connectivity index (χ1n) is 5.65. The molecule has 92 valence electrons. The Morgan fingerprint density at radius 2 is 2.19 bits per heavy atom. The first-order chi connectivity index (χ1) is 7.51. The van der Waals surface area contributed by atoms with Crippen molar-refractivity contribution in [2.75, 3.05) is 12.3 Å². The fraction of sp³-hybridized carbons (Fsp3) is 0.818. The van der Waals surface area contributed by atoms with E-state index in [1.54, 1.807) is 4.90 Å². The smallest absolute Gasteiger partial charge is 0.308 e. The summed E-state index contributed by atoms with van der Waals surface area (Å²) < 4.78 is 0. The Labute approximate surface area is 101 Å². The van der Waals surface area contributed by atoms with Crippen molar-refractivity contribution < 1.29 is 14.7 Å². The van der Waals surface area contributed by atoms with Crippen LogP contribution in [0.3, 0.4) is 0 Å². The monoisotopic (exact) mass is 245 g/mol. The van der Waals surface area contributed by atoms with Gasteiger partial charge in [0.25, 0.3) is 0 Å². The molecule has 0 radical (unpaired) electrons. The number of hydrogen-bond acceptors (Lipinski definition) is 3. The quantitative estimate of drug-likeness (QED) is 0.733. The van der Waals surface area contributed by atoms with Crippen molar-refractivity contribution in [1.82, 2.24) is 4.90 Å². The lowest BCUT2D eigenvalue weighted by Crippen LogP contribution is -2.39. The standard InChI is InChI=1S/C11H19NO3S/c1-3-8(6-16)10(13)12-5-9(11(14)15)4-7(12)2/h7-9,16H,3-6H2,1-2H3,(H,14,15)/t7-,8-,9?/m1/s1. The lowest BCUT2D eigenvalue weighted by atomic mass is 10.1. The minimum atomic E-state index is -0.805. The molecule has 4 nitrogen and oxygen atoms in total. The highest BCUT2D eigenvalue weighted by molar-refractivity contribution is 7.80. The van der Waals surface area contributed by atoms with Crippen LogP contribution in [0.25, 0.3) is 0 Å². The maximum absolute atomic E-state index is 12.1. The molecule has 0 spiro atoms. The molecule has 1 unspecified atom stereocenters. The zero-order valence-electron chi connectivity index (χ0n) is 9.72. The minimum Gasteiger partial charge on any atom is -0.481 e. The topological polar surface area (TPSA) is 57.6 Å². The lowest BCUT2D eigenvalue weighted by Gasteiger charge is -2.25. The van der Waals surface area contributed by atoms with Crippen LogP contribution in [-0.4, -0.2) is 40.2 Å². The van der Waals surface area contributed by atoms with Crippen LogP contribution in [0.1, 0.15) is 26.7 Å². The summed E-state index contributed by atoms with van der Waals surface area (Å²) in [7, 11) is 0. The van der Waals surface area contributed by atoms with Gasteiger partial charge in [0.05, 0.1) is 5.92 Å². The third kappa shape index (κ3) is 2.70. The van der Waals surface area contributed by atoms with Crippen molar-refractivity contribution in [3.8, 4) is 0 Å². The number of rotatable bonds is 4. The summed E-state index contributed by atoms with van der Waals surface area (Å²) in [6.07, 6.45) is 1.31. The van der Waals surface area contributed by atoms with E-state index in [0.717, 1.165) is 6.42 Å². The molecule has 5 heteroatoms. The van der Waals surface area contributed by atoms with Crippen molar-refractivity contribution >= 4 is 24.5 Å². The molecule has 1 heterocycles. The zero-order valence-corrected chi connectivity index (χ0v) is 10.6. The molecule has 1 amide bonds. The summed E-state index contributed by atoms with van der Waals surface area (Å²) in [6, 6.07) is 0.0301. The molecule has 0 bridgehead atoms. The molecular weight excluding hydrogens is 226 g/mol. The predicted octanol–water partition coefficient (Wildman–Crippen LogP) is 1.26. The van der Waals surface area contributed by atoms with E-state index in [1.807, 2.05) is 13.8 Å². The van der Waals surface area contributed by atoms with Crippen LogP contribution < -0.4 is 0 Å². The number of carboxylic acids is 1. The number of aliphatic carboxylic acids is 1. The molecule has 0 saturated carbocycles. The van der Waals surface area contributed by atoms with Gasteiger partial charge in [-0.25, -0.2) is 0 Å². The van der Waals surface area contributed by atoms with Gasteiger partial charge in [-0.15, -0.1) is 0 Å². The highest BCUT2D eigenvalue weighted by atomic mass is 32.1. The normalized spacial score (nSPS) is 26.8. The Hall–Kier alpha value is -0.710. The SMILES string of the molecule is CC[C@H](CS)C(=O)N1CC(C(=O)O)C[C@H]1C. The van der Waals surface area contributed by atoms with Crippen molar-refractivity contribution in [3.05, 3.63) is 0 Å². The van der Waals surface area contributed by atoms with Gasteiger partial charge in [0, 0.05) is 24.3 Å². The maximum atomic E-state index is 12.1.